The number of piperidine rings is 1. The maximum absolute atomic E-state index is 14.7. The Kier molecular flexibility index (Phi) is 6.23. The number of aromatic nitrogens is 4. The fourth-order valence-electron chi connectivity index (χ4n) is 3.70. The number of benzene rings is 1. The molecule has 1 N–H and O–H groups in total. The molecule has 0 saturated carbocycles. The van der Waals surface area contributed by atoms with E-state index in [4.69, 9.17) is 4.74 Å². The zero-order valence-electron chi connectivity index (χ0n) is 18.6. The van der Waals surface area contributed by atoms with Crippen molar-refractivity contribution in [1.82, 2.24) is 24.6 Å². The number of carbonyl (C=O) groups is 1. The highest BCUT2D eigenvalue weighted by Gasteiger charge is 2.28. The summed E-state index contributed by atoms with van der Waals surface area (Å²) in [5.74, 6) is 0.244. The van der Waals surface area contributed by atoms with Gasteiger partial charge in [0.05, 0.1) is 11.6 Å². The number of likely N-dealkylation sites (tertiary alicyclic amines) is 1. The summed E-state index contributed by atoms with van der Waals surface area (Å²) >= 11 is 1.48. The van der Waals surface area contributed by atoms with Crippen molar-refractivity contribution in [3.8, 4) is 5.69 Å². The fraction of sp³-hybridized carbons (Fsp3) is 0.455. The first-order chi connectivity index (χ1) is 15.2. The van der Waals surface area contributed by atoms with Crippen molar-refractivity contribution in [2.75, 3.05) is 24.7 Å². The number of halogens is 1. The van der Waals surface area contributed by atoms with Crippen molar-refractivity contribution in [3.05, 3.63) is 36.5 Å². The van der Waals surface area contributed by atoms with E-state index in [0.717, 1.165) is 17.7 Å². The lowest BCUT2D eigenvalue weighted by Crippen LogP contribution is -2.47. The number of amides is 1. The average Bonchev–Trinajstić information content (AvgIpc) is 3.17. The second-order valence-electron chi connectivity index (χ2n) is 8.74. The molecule has 32 heavy (non-hydrogen) atoms. The van der Waals surface area contributed by atoms with E-state index in [-0.39, 0.29) is 18.0 Å². The molecule has 2 aromatic heterocycles. The minimum atomic E-state index is -0.534. The lowest BCUT2D eigenvalue weighted by atomic mass is 10.1. The zero-order chi connectivity index (χ0) is 22.9. The van der Waals surface area contributed by atoms with Crippen molar-refractivity contribution >= 4 is 34.7 Å². The minimum absolute atomic E-state index is 0.00955. The van der Waals surface area contributed by atoms with E-state index in [1.165, 1.54) is 28.8 Å². The molecule has 0 bridgehead atoms. The SMILES string of the molecule is CSc1ccc(-n2ncc3c(NC4CCCN(C(=O)OC(C)(C)C)C4)ncnc32)c(F)c1. The van der Waals surface area contributed by atoms with Gasteiger partial charge in [0.25, 0.3) is 0 Å². The number of ether oxygens (including phenoxy) is 1. The van der Waals surface area contributed by atoms with Crippen LogP contribution in [0.1, 0.15) is 33.6 Å². The van der Waals surface area contributed by atoms with Crippen LogP contribution < -0.4 is 5.32 Å². The molecule has 1 fully saturated rings. The molecule has 3 heterocycles. The number of hydrogen-bond acceptors (Lipinski definition) is 7. The predicted octanol–water partition coefficient (Wildman–Crippen LogP) is 4.49. The molecule has 4 rings (SSSR count). The van der Waals surface area contributed by atoms with Crippen LogP contribution in [0.3, 0.4) is 0 Å². The standard InChI is InChI=1S/C22H27FN6O2S/c1-22(2,3)31-21(30)28-9-5-6-14(12-28)27-19-16-11-26-29(20(16)25-13-24-19)18-8-7-15(32-4)10-17(18)23/h7-8,10-11,13-14H,5-6,9,12H2,1-4H3,(H,24,25,27). The van der Waals surface area contributed by atoms with Gasteiger partial charge in [-0.3, -0.25) is 0 Å². The van der Waals surface area contributed by atoms with Gasteiger partial charge in [-0.15, -0.1) is 11.8 Å². The van der Waals surface area contributed by atoms with Gasteiger partial charge in [-0.05, 0) is 58.1 Å². The van der Waals surface area contributed by atoms with Gasteiger partial charge in [-0.2, -0.15) is 5.10 Å². The van der Waals surface area contributed by atoms with Crippen molar-refractivity contribution in [1.29, 1.82) is 0 Å². The van der Waals surface area contributed by atoms with Crippen LogP contribution in [-0.4, -0.2) is 61.7 Å². The summed E-state index contributed by atoms with van der Waals surface area (Å²) in [6.07, 6.45) is 6.41. The Hall–Kier alpha value is -2.88. The number of carbonyl (C=O) groups excluding carboxylic acids is 1. The number of thioether (sulfide) groups is 1. The van der Waals surface area contributed by atoms with Crippen LogP contribution in [0.25, 0.3) is 16.7 Å². The van der Waals surface area contributed by atoms with Gasteiger partial charge < -0.3 is 15.0 Å². The lowest BCUT2D eigenvalue weighted by molar-refractivity contribution is 0.0206. The molecule has 8 nitrogen and oxygen atoms in total. The molecule has 10 heteroatoms. The molecule has 3 aromatic rings. The van der Waals surface area contributed by atoms with E-state index in [9.17, 15) is 9.18 Å². The Balaban J connectivity index is 1.55. The number of fused-ring (bicyclic) bond motifs is 1. The third-order valence-corrected chi connectivity index (χ3v) is 5.89. The first-order valence-electron chi connectivity index (χ1n) is 10.5. The molecular formula is C22H27FN6O2S. The average molecular weight is 459 g/mol. The van der Waals surface area contributed by atoms with Crippen LogP contribution in [0.5, 0.6) is 0 Å². The van der Waals surface area contributed by atoms with E-state index >= 15 is 0 Å². The third kappa shape index (κ3) is 4.79. The summed E-state index contributed by atoms with van der Waals surface area (Å²) in [7, 11) is 0. The molecule has 170 valence electrons. The van der Waals surface area contributed by atoms with Gasteiger partial charge in [-0.25, -0.2) is 23.8 Å². The smallest absolute Gasteiger partial charge is 0.410 e. The Morgan fingerprint density at radius 2 is 2.12 bits per heavy atom. The molecule has 1 amide bonds. The highest BCUT2D eigenvalue weighted by Crippen LogP contribution is 2.27. The van der Waals surface area contributed by atoms with Gasteiger partial charge in [-0.1, -0.05) is 0 Å². The highest BCUT2D eigenvalue weighted by atomic mass is 32.2. The molecular weight excluding hydrogens is 431 g/mol. The number of nitrogens with zero attached hydrogens (tertiary/aromatic N) is 5. The Bertz CT molecular complexity index is 1130. The molecule has 1 aromatic carbocycles. The van der Waals surface area contributed by atoms with E-state index < -0.39 is 5.60 Å². The van der Waals surface area contributed by atoms with Crippen LogP contribution in [0.2, 0.25) is 0 Å². The molecule has 0 spiro atoms. The first kappa shape index (κ1) is 22.3. The van der Waals surface area contributed by atoms with E-state index in [0.29, 0.717) is 35.6 Å². The van der Waals surface area contributed by atoms with Crippen molar-refractivity contribution in [2.24, 2.45) is 0 Å². The maximum atomic E-state index is 14.7. The molecule has 1 aliphatic heterocycles. The molecule has 0 radical (unpaired) electrons. The normalized spacial score (nSPS) is 16.9. The van der Waals surface area contributed by atoms with Crippen molar-refractivity contribution < 1.29 is 13.9 Å². The van der Waals surface area contributed by atoms with Gasteiger partial charge in [0.1, 0.15) is 29.3 Å². The Morgan fingerprint density at radius 1 is 1.31 bits per heavy atom. The summed E-state index contributed by atoms with van der Waals surface area (Å²) in [6.45, 7) is 6.75. The van der Waals surface area contributed by atoms with Gasteiger partial charge in [0, 0.05) is 24.0 Å². The van der Waals surface area contributed by atoms with E-state index in [2.05, 4.69) is 20.4 Å². The number of hydrogen-bond donors (Lipinski definition) is 1. The summed E-state index contributed by atoms with van der Waals surface area (Å²) in [6, 6.07) is 5.05. The molecule has 1 unspecified atom stereocenters. The number of rotatable bonds is 4. The molecule has 1 atom stereocenters. The van der Waals surface area contributed by atoms with Crippen molar-refractivity contribution in [2.45, 2.75) is 50.2 Å². The quantitative estimate of drug-likeness (QED) is 0.577. The topological polar surface area (TPSA) is 85.2 Å². The van der Waals surface area contributed by atoms with Crippen LogP contribution in [0, 0.1) is 5.82 Å². The minimum Gasteiger partial charge on any atom is -0.444 e. The Morgan fingerprint density at radius 3 is 2.84 bits per heavy atom. The second-order valence-corrected chi connectivity index (χ2v) is 9.62. The highest BCUT2D eigenvalue weighted by molar-refractivity contribution is 7.98. The lowest BCUT2D eigenvalue weighted by Gasteiger charge is -2.34. The third-order valence-electron chi connectivity index (χ3n) is 5.16. The van der Waals surface area contributed by atoms with Gasteiger partial charge >= 0.3 is 6.09 Å². The number of anilines is 1. The van der Waals surface area contributed by atoms with E-state index in [1.807, 2.05) is 33.1 Å². The fourth-order valence-corrected chi connectivity index (χ4v) is 4.13. The largest absolute Gasteiger partial charge is 0.444 e. The molecule has 0 aliphatic carbocycles. The monoisotopic (exact) mass is 458 g/mol. The van der Waals surface area contributed by atoms with Crippen LogP contribution in [0.15, 0.2) is 35.6 Å². The zero-order valence-corrected chi connectivity index (χ0v) is 19.4. The van der Waals surface area contributed by atoms with Gasteiger partial charge in [0.15, 0.2) is 5.65 Å². The van der Waals surface area contributed by atoms with Crippen LogP contribution >= 0.6 is 11.8 Å². The maximum Gasteiger partial charge on any atom is 0.410 e. The van der Waals surface area contributed by atoms with Gasteiger partial charge in [0.2, 0.25) is 0 Å². The van der Waals surface area contributed by atoms with E-state index in [1.54, 1.807) is 17.2 Å². The van der Waals surface area contributed by atoms with Crippen LogP contribution in [0.4, 0.5) is 15.0 Å². The second kappa shape index (κ2) is 8.93. The molecule has 1 aliphatic rings. The first-order valence-corrected chi connectivity index (χ1v) is 11.7. The predicted molar refractivity (Wildman–Crippen MR) is 123 cm³/mol. The Labute approximate surface area is 190 Å². The summed E-state index contributed by atoms with van der Waals surface area (Å²) in [4.78, 5) is 23.7. The van der Waals surface area contributed by atoms with Crippen LogP contribution in [-0.2, 0) is 4.74 Å². The number of nitrogens with one attached hydrogen (secondary N) is 1. The summed E-state index contributed by atoms with van der Waals surface area (Å²) in [5.41, 5.74) is 0.308. The molecule has 1 saturated heterocycles. The summed E-state index contributed by atoms with van der Waals surface area (Å²) < 4.78 is 21.6. The van der Waals surface area contributed by atoms with Crippen molar-refractivity contribution in [3.63, 3.8) is 0 Å². The summed E-state index contributed by atoms with van der Waals surface area (Å²) in [5, 5.41) is 8.47.